The van der Waals surface area contributed by atoms with Crippen molar-refractivity contribution in [3.63, 3.8) is 0 Å². The second kappa shape index (κ2) is 8.96. The summed E-state index contributed by atoms with van der Waals surface area (Å²) in [6.07, 6.45) is -2.48. The molecule has 0 spiro atoms. The molecule has 0 heterocycles. The summed E-state index contributed by atoms with van der Waals surface area (Å²) in [7, 11) is 0. The van der Waals surface area contributed by atoms with Gasteiger partial charge in [0, 0.05) is 23.8 Å². The highest BCUT2D eigenvalue weighted by molar-refractivity contribution is 5.89. The minimum Gasteiger partial charge on any atom is -0.490 e. The van der Waals surface area contributed by atoms with Crippen molar-refractivity contribution < 1.29 is 32.7 Å². The highest BCUT2D eigenvalue weighted by atomic mass is 19.4. The lowest BCUT2D eigenvalue weighted by atomic mass is 9.86. The lowest BCUT2D eigenvalue weighted by Gasteiger charge is -2.28. The molecule has 174 valence electrons. The molecule has 0 bridgehead atoms. The van der Waals surface area contributed by atoms with Crippen LogP contribution >= 0.6 is 0 Å². The van der Waals surface area contributed by atoms with Gasteiger partial charge < -0.3 is 9.84 Å². The molecule has 0 aromatic heterocycles. The topological polar surface area (TPSA) is 89.7 Å². The first kappa shape index (κ1) is 23.8. The van der Waals surface area contributed by atoms with E-state index >= 15 is 0 Å². The van der Waals surface area contributed by atoms with Crippen LogP contribution in [-0.2, 0) is 16.5 Å². The largest absolute Gasteiger partial charge is 0.490 e. The van der Waals surface area contributed by atoms with E-state index in [2.05, 4.69) is 6.92 Å². The number of nitro groups is 1. The number of fused-ring (bicyclic) bond motifs is 1. The molecular weight excluding hydrogens is 427 g/mol. The van der Waals surface area contributed by atoms with Crippen LogP contribution in [0.15, 0.2) is 30.3 Å². The lowest BCUT2D eigenvalue weighted by molar-refractivity contribution is -0.575. The maximum Gasteiger partial charge on any atom is 0.420 e. The Kier molecular flexibility index (Phi) is 6.67. The Hall–Kier alpha value is -2.84. The van der Waals surface area contributed by atoms with Crippen LogP contribution < -0.4 is 4.74 Å². The average Bonchev–Trinajstić information content (AvgIpc) is 2.72. The van der Waals surface area contributed by atoms with Gasteiger partial charge in [-0.25, -0.2) is 0 Å². The van der Waals surface area contributed by atoms with Gasteiger partial charge in [0.15, 0.2) is 0 Å². The summed E-state index contributed by atoms with van der Waals surface area (Å²) in [4.78, 5) is 22.0. The molecular formula is C23H26F3NO5. The second-order valence-electron chi connectivity index (χ2n) is 8.80. The van der Waals surface area contributed by atoms with Crippen molar-refractivity contribution in [3.8, 4) is 5.75 Å². The van der Waals surface area contributed by atoms with Crippen LogP contribution in [0.1, 0.15) is 63.5 Å². The summed E-state index contributed by atoms with van der Waals surface area (Å²) in [6.45, 7) is 3.39. The van der Waals surface area contributed by atoms with Crippen LogP contribution in [0.2, 0.25) is 0 Å². The van der Waals surface area contributed by atoms with Crippen LogP contribution in [0.4, 0.5) is 13.2 Å². The van der Waals surface area contributed by atoms with E-state index in [4.69, 9.17) is 9.84 Å². The molecule has 32 heavy (non-hydrogen) atoms. The Labute approximate surface area is 183 Å². The molecule has 0 saturated heterocycles. The van der Waals surface area contributed by atoms with Gasteiger partial charge >= 0.3 is 12.1 Å². The molecule has 1 fully saturated rings. The lowest BCUT2D eigenvalue weighted by Crippen LogP contribution is -2.32. The average molecular weight is 453 g/mol. The zero-order valence-corrected chi connectivity index (χ0v) is 17.9. The second-order valence-corrected chi connectivity index (χ2v) is 8.80. The number of aliphatic carboxylic acids is 1. The number of alkyl halides is 3. The van der Waals surface area contributed by atoms with Gasteiger partial charge in [-0.05, 0) is 54.5 Å². The van der Waals surface area contributed by atoms with Crippen molar-refractivity contribution >= 4 is 16.7 Å². The van der Waals surface area contributed by atoms with E-state index in [9.17, 15) is 28.1 Å². The minimum absolute atomic E-state index is 0.105. The molecule has 2 aromatic rings. The molecule has 1 unspecified atom stereocenters. The van der Waals surface area contributed by atoms with Crippen molar-refractivity contribution in [1.82, 2.24) is 0 Å². The Bertz CT molecular complexity index is 1010. The molecule has 1 saturated carbocycles. The molecule has 1 N–H and O–H groups in total. The zero-order chi connectivity index (χ0) is 23.7. The fraction of sp³-hybridized carbons (Fsp3) is 0.522. The van der Waals surface area contributed by atoms with Crippen LogP contribution in [0, 0.1) is 16.0 Å². The van der Waals surface area contributed by atoms with Crippen molar-refractivity contribution in [2.24, 2.45) is 5.92 Å². The van der Waals surface area contributed by atoms with E-state index < -0.39 is 34.6 Å². The van der Waals surface area contributed by atoms with Gasteiger partial charge in [-0.1, -0.05) is 25.1 Å². The zero-order valence-electron chi connectivity index (χ0n) is 17.9. The quantitative estimate of drug-likeness (QED) is 0.400. The van der Waals surface area contributed by atoms with Crippen LogP contribution in [0.3, 0.4) is 0 Å². The third-order valence-electron chi connectivity index (χ3n) is 6.37. The first-order valence-electron chi connectivity index (χ1n) is 10.6. The van der Waals surface area contributed by atoms with E-state index in [-0.39, 0.29) is 34.6 Å². The normalized spacial score (nSPS) is 21.2. The first-order chi connectivity index (χ1) is 14.9. The molecule has 1 aliphatic rings. The SMILES string of the molecule is CC(CCC(=O)O)(c1ccc2c(C(F)(F)F)c(O[C@H]3CC[C@@H](C)CC3)ccc2c1)[N+](=O)[O-]. The van der Waals surface area contributed by atoms with Gasteiger partial charge in [0.2, 0.25) is 5.54 Å². The maximum absolute atomic E-state index is 14.0. The van der Waals surface area contributed by atoms with Crippen LogP contribution in [0.5, 0.6) is 5.75 Å². The molecule has 1 atom stereocenters. The van der Waals surface area contributed by atoms with E-state index in [0.717, 1.165) is 12.8 Å². The highest BCUT2D eigenvalue weighted by Crippen LogP contribution is 2.43. The smallest absolute Gasteiger partial charge is 0.420 e. The number of halogens is 3. The number of hydrogen-bond donors (Lipinski definition) is 1. The van der Waals surface area contributed by atoms with Gasteiger partial charge in [0.05, 0.1) is 12.5 Å². The number of benzene rings is 2. The summed E-state index contributed by atoms with van der Waals surface area (Å²) >= 11 is 0. The Morgan fingerprint density at radius 2 is 1.84 bits per heavy atom. The van der Waals surface area contributed by atoms with Crippen LogP contribution in [0.25, 0.3) is 10.8 Å². The maximum atomic E-state index is 14.0. The number of carboxylic acid groups (broad SMARTS) is 1. The number of carboxylic acids is 1. The van der Waals surface area contributed by atoms with Crippen molar-refractivity contribution in [3.05, 3.63) is 51.6 Å². The molecule has 3 rings (SSSR count). The molecule has 9 heteroatoms. The fourth-order valence-corrected chi connectivity index (χ4v) is 4.25. The van der Waals surface area contributed by atoms with Gasteiger partial charge in [0.25, 0.3) is 0 Å². The molecule has 0 radical (unpaired) electrons. The highest BCUT2D eigenvalue weighted by Gasteiger charge is 2.41. The third kappa shape index (κ3) is 4.97. The monoisotopic (exact) mass is 453 g/mol. The van der Waals surface area contributed by atoms with Crippen molar-refractivity contribution in [1.29, 1.82) is 0 Å². The van der Waals surface area contributed by atoms with Gasteiger partial charge in [-0.3, -0.25) is 14.9 Å². The van der Waals surface area contributed by atoms with Gasteiger partial charge in [-0.2, -0.15) is 13.2 Å². The van der Waals surface area contributed by atoms with Crippen molar-refractivity contribution in [2.75, 3.05) is 0 Å². The number of hydrogen-bond acceptors (Lipinski definition) is 4. The standard InChI is InChI=1S/C23H26F3NO5/c1-14-3-7-17(8-4-14)32-19-10-5-15-13-16(6-9-18(15)21(19)23(24,25)26)22(2,27(30)31)12-11-20(28)29/h5-6,9-10,13-14,17H,3-4,7-8,11-12H2,1-2H3,(H,28,29)/t14-,17+,22?. The third-order valence-corrected chi connectivity index (χ3v) is 6.37. The Balaban J connectivity index is 2.03. The summed E-state index contributed by atoms with van der Waals surface area (Å²) in [5.41, 5.74) is -2.48. The Morgan fingerprint density at radius 1 is 1.19 bits per heavy atom. The van der Waals surface area contributed by atoms with E-state index in [1.807, 2.05) is 0 Å². The summed E-state index contributed by atoms with van der Waals surface area (Å²) in [5, 5.41) is 20.7. The van der Waals surface area contributed by atoms with Gasteiger partial charge in [-0.15, -0.1) is 0 Å². The Morgan fingerprint density at radius 3 is 2.41 bits per heavy atom. The number of nitrogens with zero attached hydrogens (tertiary/aromatic N) is 1. The van der Waals surface area contributed by atoms with E-state index in [1.54, 1.807) is 0 Å². The molecule has 6 nitrogen and oxygen atoms in total. The summed E-state index contributed by atoms with van der Waals surface area (Å²) in [6, 6.07) is 6.56. The predicted octanol–water partition coefficient (Wildman–Crippen LogP) is 6.17. The van der Waals surface area contributed by atoms with E-state index in [0.29, 0.717) is 18.8 Å². The summed E-state index contributed by atoms with van der Waals surface area (Å²) < 4.78 is 47.8. The predicted molar refractivity (Wildman–Crippen MR) is 112 cm³/mol. The molecule has 0 amide bonds. The summed E-state index contributed by atoms with van der Waals surface area (Å²) in [5.74, 6) is -0.888. The van der Waals surface area contributed by atoms with Crippen LogP contribution in [-0.4, -0.2) is 22.1 Å². The molecule has 2 aromatic carbocycles. The molecule has 1 aliphatic carbocycles. The number of ether oxygens (including phenoxy) is 1. The molecule has 0 aliphatic heterocycles. The fourth-order valence-electron chi connectivity index (χ4n) is 4.25. The minimum atomic E-state index is -4.67. The first-order valence-corrected chi connectivity index (χ1v) is 10.6. The number of rotatable bonds is 7. The van der Waals surface area contributed by atoms with Gasteiger partial charge in [0.1, 0.15) is 11.3 Å². The van der Waals surface area contributed by atoms with Crippen molar-refractivity contribution in [2.45, 2.75) is 70.2 Å². The van der Waals surface area contributed by atoms with E-state index in [1.165, 1.54) is 37.3 Å². The number of carbonyl (C=O) groups is 1.